The van der Waals surface area contributed by atoms with Crippen LogP contribution in [0.2, 0.25) is 0 Å². The minimum Gasteiger partial charge on any atom is -0.370 e. The van der Waals surface area contributed by atoms with E-state index in [0.29, 0.717) is 0 Å². The average molecular weight is 93.2 g/mol. The fourth-order valence-electron chi connectivity index (χ4n) is 0. The molecule has 0 aromatic carbocycles. The van der Waals surface area contributed by atoms with Crippen LogP contribution in [0.3, 0.4) is 0 Å². The summed E-state index contributed by atoms with van der Waals surface area (Å²) in [6.07, 6.45) is 0. The lowest BCUT2D eigenvalue weighted by Gasteiger charge is -1.69. The van der Waals surface area contributed by atoms with Crippen LogP contribution in [-0.2, 0) is 0 Å². The molecule has 0 radical (unpaired) electrons. The van der Waals surface area contributed by atoms with Gasteiger partial charge in [-0.15, -0.1) is 0 Å². The Hall–Kier alpha value is -0.380. The predicted octanol–water partition coefficient (Wildman–Crippen LogP) is -1.05. The summed E-state index contributed by atoms with van der Waals surface area (Å²) in [5.41, 5.74) is 8.94. The summed E-state index contributed by atoms with van der Waals surface area (Å²) < 4.78 is 0. The highest BCUT2D eigenvalue weighted by molar-refractivity contribution is 7.59. The molecule has 32 valence electrons. The van der Waals surface area contributed by atoms with Crippen LogP contribution in [0.4, 0.5) is 0 Å². The number of rotatable bonds is 0. The molecular formula is CH7N3S. The summed E-state index contributed by atoms with van der Waals surface area (Å²) in [7, 11) is 0. The van der Waals surface area contributed by atoms with Gasteiger partial charge in [-0.1, -0.05) is 0 Å². The first kappa shape index (κ1) is 8.82. The van der Waals surface area contributed by atoms with Gasteiger partial charge in [0, 0.05) is 0 Å². The Labute approximate surface area is 37.3 Å². The summed E-state index contributed by atoms with van der Waals surface area (Å²) >= 11 is 0. The van der Waals surface area contributed by atoms with Gasteiger partial charge in [0.15, 0.2) is 5.96 Å². The molecule has 0 aliphatic rings. The molecule has 0 aromatic heterocycles. The number of nitrogens with one attached hydrogen (secondary N) is 1. The summed E-state index contributed by atoms with van der Waals surface area (Å²) in [4.78, 5) is 0. The Morgan fingerprint density at radius 1 is 1.40 bits per heavy atom. The standard InChI is InChI=1S/CH5N3.H2S/c2-1(3)4;/h(H5,2,3,4);1H2. The van der Waals surface area contributed by atoms with Crippen molar-refractivity contribution in [1.82, 2.24) is 0 Å². The summed E-state index contributed by atoms with van der Waals surface area (Å²) in [6.45, 7) is 0. The zero-order chi connectivity index (χ0) is 3.58. The molecule has 0 rings (SSSR count). The third-order valence-corrected chi connectivity index (χ3v) is 0. The number of guanidine groups is 1. The molecule has 0 fully saturated rings. The smallest absolute Gasteiger partial charge is 0.183 e. The molecule has 0 saturated carbocycles. The minimum atomic E-state index is -0.333. The van der Waals surface area contributed by atoms with Crippen molar-refractivity contribution in [2.75, 3.05) is 0 Å². The van der Waals surface area contributed by atoms with Crippen molar-refractivity contribution in [2.24, 2.45) is 11.5 Å². The van der Waals surface area contributed by atoms with Crippen molar-refractivity contribution in [3.8, 4) is 0 Å². The first-order valence-electron chi connectivity index (χ1n) is 0.827. The van der Waals surface area contributed by atoms with Gasteiger partial charge < -0.3 is 11.5 Å². The van der Waals surface area contributed by atoms with Gasteiger partial charge in [0.05, 0.1) is 0 Å². The second-order valence-electron chi connectivity index (χ2n) is 0.455. The lowest BCUT2D eigenvalue weighted by atomic mass is 11.1. The van der Waals surface area contributed by atoms with E-state index < -0.39 is 0 Å². The minimum absolute atomic E-state index is 0. The Morgan fingerprint density at radius 2 is 1.40 bits per heavy atom. The van der Waals surface area contributed by atoms with Gasteiger partial charge in [0.1, 0.15) is 0 Å². The van der Waals surface area contributed by atoms with E-state index in [2.05, 4.69) is 11.5 Å². The molecule has 0 saturated heterocycles. The lowest BCUT2D eigenvalue weighted by molar-refractivity contribution is 1.39. The van der Waals surface area contributed by atoms with Crippen molar-refractivity contribution in [3.63, 3.8) is 0 Å². The molecule has 0 amide bonds. The van der Waals surface area contributed by atoms with Crippen LogP contribution in [0.1, 0.15) is 0 Å². The second kappa shape index (κ2) is 3.62. The maximum atomic E-state index is 6.06. The summed E-state index contributed by atoms with van der Waals surface area (Å²) in [5.74, 6) is -0.333. The molecule has 0 spiro atoms. The monoisotopic (exact) mass is 93.0 g/mol. The zero-order valence-electron chi connectivity index (χ0n) is 2.65. The normalized spacial score (nSPS) is 4.80. The Morgan fingerprint density at radius 3 is 1.40 bits per heavy atom. The van der Waals surface area contributed by atoms with Crippen molar-refractivity contribution in [2.45, 2.75) is 0 Å². The summed E-state index contributed by atoms with van der Waals surface area (Å²) in [6, 6.07) is 0. The van der Waals surface area contributed by atoms with Crippen LogP contribution in [0, 0.1) is 5.41 Å². The highest BCUT2D eigenvalue weighted by atomic mass is 32.1. The van der Waals surface area contributed by atoms with Crippen molar-refractivity contribution >= 4 is 19.5 Å². The first-order valence-corrected chi connectivity index (χ1v) is 0.827. The molecule has 0 aromatic rings. The quantitative estimate of drug-likeness (QED) is 0.264. The highest BCUT2D eigenvalue weighted by Crippen LogP contribution is 1.13. The van der Waals surface area contributed by atoms with Gasteiger partial charge in [-0.05, 0) is 0 Å². The lowest BCUT2D eigenvalue weighted by Crippen LogP contribution is -2.20. The number of hydrogen-bond acceptors (Lipinski definition) is 1. The van der Waals surface area contributed by atoms with E-state index in [0.717, 1.165) is 0 Å². The van der Waals surface area contributed by atoms with Crippen LogP contribution >= 0.6 is 13.5 Å². The molecule has 0 aliphatic carbocycles. The fourth-order valence-corrected chi connectivity index (χ4v) is 0. The number of hydrogen-bond donors (Lipinski definition) is 3. The Balaban J connectivity index is 0. The molecule has 5 N–H and O–H groups in total. The van der Waals surface area contributed by atoms with Gasteiger partial charge in [0.2, 0.25) is 0 Å². The third-order valence-electron chi connectivity index (χ3n) is 0. The molecular weight excluding hydrogens is 86.1 g/mol. The highest BCUT2D eigenvalue weighted by Gasteiger charge is 1.52. The molecule has 0 aliphatic heterocycles. The molecule has 3 nitrogen and oxygen atoms in total. The van der Waals surface area contributed by atoms with E-state index in [1.54, 1.807) is 0 Å². The third kappa shape index (κ3) is 65.8. The van der Waals surface area contributed by atoms with Crippen LogP contribution in [-0.4, -0.2) is 5.96 Å². The van der Waals surface area contributed by atoms with E-state index in [1.165, 1.54) is 0 Å². The zero-order valence-corrected chi connectivity index (χ0v) is 3.65. The fraction of sp³-hybridized carbons (Fsp3) is 0. The molecule has 0 unspecified atom stereocenters. The molecule has 0 atom stereocenters. The Kier molecular flexibility index (Phi) is 6.39. The van der Waals surface area contributed by atoms with Crippen molar-refractivity contribution in [1.29, 1.82) is 5.41 Å². The average Bonchev–Trinajstić information content (AvgIpc) is 0.811. The van der Waals surface area contributed by atoms with E-state index in [1.807, 2.05) is 0 Å². The second-order valence-corrected chi connectivity index (χ2v) is 0.455. The first-order chi connectivity index (χ1) is 1.73. The van der Waals surface area contributed by atoms with E-state index in [9.17, 15) is 0 Å². The SMILES string of the molecule is N=C(N)N.S. The topological polar surface area (TPSA) is 75.9 Å². The Bertz CT molecular complexity index is 29.9. The van der Waals surface area contributed by atoms with Crippen LogP contribution in [0.5, 0.6) is 0 Å². The van der Waals surface area contributed by atoms with Crippen LogP contribution in [0.15, 0.2) is 0 Å². The van der Waals surface area contributed by atoms with Gasteiger partial charge >= 0.3 is 0 Å². The van der Waals surface area contributed by atoms with Crippen LogP contribution in [0.25, 0.3) is 0 Å². The van der Waals surface area contributed by atoms with Crippen molar-refractivity contribution in [3.05, 3.63) is 0 Å². The van der Waals surface area contributed by atoms with E-state index in [4.69, 9.17) is 5.41 Å². The molecule has 4 heteroatoms. The molecule has 0 bridgehead atoms. The molecule has 0 heterocycles. The predicted molar refractivity (Wildman–Crippen MR) is 26.5 cm³/mol. The van der Waals surface area contributed by atoms with Crippen LogP contribution < -0.4 is 11.5 Å². The van der Waals surface area contributed by atoms with Gasteiger partial charge in [-0.3, -0.25) is 5.41 Å². The largest absolute Gasteiger partial charge is 0.370 e. The van der Waals surface area contributed by atoms with Gasteiger partial charge in [-0.2, -0.15) is 13.5 Å². The number of nitrogens with two attached hydrogens (primary N) is 2. The van der Waals surface area contributed by atoms with Gasteiger partial charge in [0.25, 0.3) is 0 Å². The van der Waals surface area contributed by atoms with Crippen molar-refractivity contribution < 1.29 is 0 Å². The maximum absolute atomic E-state index is 6.06. The summed E-state index contributed by atoms with van der Waals surface area (Å²) in [5, 5.41) is 6.06. The maximum Gasteiger partial charge on any atom is 0.183 e. The molecule has 5 heavy (non-hydrogen) atoms. The van der Waals surface area contributed by atoms with E-state index in [-0.39, 0.29) is 19.5 Å². The van der Waals surface area contributed by atoms with Gasteiger partial charge in [-0.25, -0.2) is 0 Å². The van der Waals surface area contributed by atoms with E-state index >= 15 is 0 Å².